The van der Waals surface area contributed by atoms with Crippen LogP contribution in [0.3, 0.4) is 0 Å². The number of hydrogen-bond donors (Lipinski definition) is 2. The summed E-state index contributed by atoms with van der Waals surface area (Å²) in [4.78, 5) is 15.2. The van der Waals surface area contributed by atoms with Crippen molar-refractivity contribution in [3.63, 3.8) is 0 Å². The molecule has 0 radical (unpaired) electrons. The van der Waals surface area contributed by atoms with Gasteiger partial charge in [0.1, 0.15) is 0 Å². The van der Waals surface area contributed by atoms with Crippen molar-refractivity contribution in [2.75, 3.05) is 14.2 Å². The van der Waals surface area contributed by atoms with Crippen LogP contribution >= 0.6 is 0 Å². The number of pyridine rings is 1. The molecule has 5 nitrogen and oxygen atoms in total. The maximum absolute atomic E-state index is 12.3. The summed E-state index contributed by atoms with van der Waals surface area (Å²) in [5, 5.41) is 4.22. The highest BCUT2D eigenvalue weighted by atomic mass is 16.5. The van der Waals surface area contributed by atoms with E-state index in [1.165, 1.54) is 0 Å². The van der Waals surface area contributed by atoms with Gasteiger partial charge in [0.2, 0.25) is 0 Å². The molecule has 3 rings (SSSR count). The molecule has 124 valence electrons. The summed E-state index contributed by atoms with van der Waals surface area (Å²) >= 11 is 0. The Kier molecular flexibility index (Phi) is 4.53. The van der Waals surface area contributed by atoms with Crippen molar-refractivity contribution in [1.29, 1.82) is 0 Å². The van der Waals surface area contributed by atoms with Gasteiger partial charge >= 0.3 is 0 Å². The fraction of sp³-hybridized carbons (Fsp3) is 0.211. The first-order valence-electron chi connectivity index (χ1n) is 7.67. The van der Waals surface area contributed by atoms with Crippen molar-refractivity contribution in [2.24, 2.45) is 0 Å². The summed E-state index contributed by atoms with van der Waals surface area (Å²) in [7, 11) is 3.16. The van der Waals surface area contributed by atoms with Crippen LogP contribution in [0.2, 0.25) is 0 Å². The highest BCUT2D eigenvalue weighted by molar-refractivity contribution is 5.83. The van der Waals surface area contributed by atoms with E-state index in [4.69, 9.17) is 9.47 Å². The van der Waals surface area contributed by atoms with Crippen LogP contribution < -0.4 is 20.3 Å². The predicted molar refractivity (Wildman–Crippen MR) is 95.7 cm³/mol. The summed E-state index contributed by atoms with van der Waals surface area (Å²) in [6.45, 7) is 4.45. The molecule has 1 unspecified atom stereocenters. The van der Waals surface area contributed by atoms with Crippen LogP contribution in [0.5, 0.6) is 11.5 Å². The number of hydrogen-bond acceptors (Lipinski definition) is 4. The maximum atomic E-state index is 12.3. The van der Waals surface area contributed by atoms with Gasteiger partial charge in [0.15, 0.2) is 11.5 Å². The first-order chi connectivity index (χ1) is 11.6. The minimum atomic E-state index is -0.122. The molecule has 1 atom stereocenters. The Morgan fingerprint density at radius 2 is 1.92 bits per heavy atom. The molecule has 0 aliphatic heterocycles. The summed E-state index contributed by atoms with van der Waals surface area (Å²) in [5.74, 6) is 1.21. The second kappa shape index (κ2) is 6.76. The Labute approximate surface area is 140 Å². The summed E-state index contributed by atoms with van der Waals surface area (Å²) < 4.78 is 10.6. The lowest BCUT2D eigenvalue weighted by Crippen LogP contribution is -2.31. The number of aromatic nitrogens is 1. The molecule has 2 aromatic rings. The van der Waals surface area contributed by atoms with Crippen LogP contribution in [-0.4, -0.2) is 25.2 Å². The van der Waals surface area contributed by atoms with E-state index in [1.54, 1.807) is 20.3 Å². The Bertz CT molecular complexity index is 893. The number of benzene rings is 1. The Balaban J connectivity index is 1.90. The molecule has 1 heterocycles. The zero-order chi connectivity index (χ0) is 17.1. The number of allylic oxidation sites excluding steroid dienone is 2. The molecule has 24 heavy (non-hydrogen) atoms. The Morgan fingerprint density at radius 1 is 1.17 bits per heavy atom. The molecule has 5 heteroatoms. The van der Waals surface area contributed by atoms with Crippen LogP contribution in [0.4, 0.5) is 0 Å². The first kappa shape index (κ1) is 16.1. The fourth-order valence-electron chi connectivity index (χ4n) is 2.71. The largest absolute Gasteiger partial charge is 0.493 e. The second-order valence-electron chi connectivity index (χ2n) is 5.60. The summed E-state index contributed by atoms with van der Waals surface area (Å²) in [6.07, 6.45) is 7.89. The Morgan fingerprint density at radius 3 is 2.62 bits per heavy atom. The SMILES string of the molecule is C=C1C=CC=CC1NCc1cc2cc(OC)c(OC)cc2[nH]c1=O. The van der Waals surface area contributed by atoms with Crippen LogP contribution in [0.1, 0.15) is 5.56 Å². The van der Waals surface area contributed by atoms with Crippen molar-refractivity contribution >= 4 is 10.9 Å². The van der Waals surface area contributed by atoms with Crippen LogP contribution in [0.15, 0.2) is 59.4 Å². The van der Waals surface area contributed by atoms with Gasteiger partial charge < -0.3 is 19.8 Å². The topological polar surface area (TPSA) is 63.4 Å². The molecule has 0 saturated carbocycles. The minimum absolute atomic E-state index is 0.0375. The predicted octanol–water partition coefficient (Wildman–Crippen LogP) is 2.69. The second-order valence-corrected chi connectivity index (χ2v) is 5.60. The monoisotopic (exact) mass is 324 g/mol. The highest BCUT2D eigenvalue weighted by Gasteiger charge is 2.12. The van der Waals surface area contributed by atoms with Crippen molar-refractivity contribution in [1.82, 2.24) is 10.3 Å². The molecule has 1 aliphatic rings. The normalized spacial score (nSPS) is 16.6. The van der Waals surface area contributed by atoms with E-state index in [9.17, 15) is 4.79 Å². The molecule has 0 spiro atoms. The van der Waals surface area contributed by atoms with E-state index in [-0.39, 0.29) is 11.6 Å². The molecule has 0 saturated heterocycles. The lowest BCUT2D eigenvalue weighted by Gasteiger charge is -2.17. The van der Waals surface area contributed by atoms with Gasteiger partial charge in [0.05, 0.1) is 25.8 Å². The highest BCUT2D eigenvalue weighted by Crippen LogP contribution is 2.31. The van der Waals surface area contributed by atoms with E-state index >= 15 is 0 Å². The van der Waals surface area contributed by atoms with E-state index in [1.807, 2.05) is 36.4 Å². The zero-order valence-electron chi connectivity index (χ0n) is 13.8. The van der Waals surface area contributed by atoms with Crippen LogP contribution in [0, 0.1) is 0 Å². The van der Waals surface area contributed by atoms with Gasteiger partial charge in [0, 0.05) is 23.6 Å². The molecule has 0 amide bonds. The standard InChI is InChI=1S/C19H20N2O3/c1-12-6-4-5-7-15(12)20-11-14-8-13-9-17(23-2)18(24-3)10-16(13)21-19(14)22/h4-10,15,20H,1,11H2,2-3H3,(H,21,22). The number of H-pyrrole nitrogens is 1. The van der Waals surface area contributed by atoms with Gasteiger partial charge in [-0.05, 0) is 17.7 Å². The van der Waals surface area contributed by atoms with Gasteiger partial charge in [-0.25, -0.2) is 0 Å². The summed E-state index contributed by atoms with van der Waals surface area (Å²) in [6, 6.07) is 5.53. The molecule has 1 aromatic carbocycles. The molecule has 1 aliphatic carbocycles. The maximum Gasteiger partial charge on any atom is 0.252 e. The number of methoxy groups -OCH3 is 2. The number of rotatable bonds is 5. The van der Waals surface area contributed by atoms with Crippen molar-refractivity contribution in [3.8, 4) is 11.5 Å². The Hall–Kier alpha value is -2.79. The third-order valence-corrected chi connectivity index (χ3v) is 4.06. The van der Waals surface area contributed by atoms with Gasteiger partial charge in [-0.15, -0.1) is 0 Å². The third kappa shape index (κ3) is 3.12. The number of aromatic amines is 1. The first-order valence-corrected chi connectivity index (χ1v) is 7.67. The molecular formula is C19H20N2O3. The lowest BCUT2D eigenvalue weighted by molar-refractivity contribution is 0.356. The van der Waals surface area contributed by atoms with Crippen molar-refractivity contribution in [3.05, 3.63) is 70.6 Å². The van der Waals surface area contributed by atoms with Gasteiger partial charge in [-0.1, -0.05) is 30.9 Å². The average Bonchev–Trinajstić information content (AvgIpc) is 2.60. The van der Waals surface area contributed by atoms with E-state index in [0.717, 1.165) is 11.0 Å². The van der Waals surface area contributed by atoms with Gasteiger partial charge in [-0.3, -0.25) is 4.79 Å². The zero-order valence-corrected chi connectivity index (χ0v) is 13.8. The third-order valence-electron chi connectivity index (χ3n) is 4.06. The van der Waals surface area contributed by atoms with E-state index in [0.29, 0.717) is 29.1 Å². The number of nitrogens with one attached hydrogen (secondary N) is 2. The molecule has 1 aromatic heterocycles. The quantitative estimate of drug-likeness (QED) is 0.887. The van der Waals surface area contributed by atoms with Crippen molar-refractivity contribution < 1.29 is 9.47 Å². The molecular weight excluding hydrogens is 304 g/mol. The average molecular weight is 324 g/mol. The molecule has 0 bridgehead atoms. The smallest absolute Gasteiger partial charge is 0.252 e. The number of fused-ring (bicyclic) bond motifs is 1. The summed E-state index contributed by atoms with van der Waals surface area (Å²) in [5.41, 5.74) is 2.22. The van der Waals surface area contributed by atoms with Crippen molar-refractivity contribution in [2.45, 2.75) is 12.6 Å². The minimum Gasteiger partial charge on any atom is -0.493 e. The molecule has 0 fully saturated rings. The fourth-order valence-corrected chi connectivity index (χ4v) is 2.71. The lowest BCUT2D eigenvalue weighted by atomic mass is 10.0. The van der Waals surface area contributed by atoms with Crippen LogP contribution in [-0.2, 0) is 6.54 Å². The van der Waals surface area contributed by atoms with E-state index < -0.39 is 0 Å². The van der Waals surface area contributed by atoms with E-state index in [2.05, 4.69) is 16.9 Å². The number of ether oxygens (including phenoxy) is 2. The molecule has 2 N–H and O–H groups in total. The van der Waals surface area contributed by atoms with Gasteiger partial charge in [0.25, 0.3) is 5.56 Å². The van der Waals surface area contributed by atoms with Gasteiger partial charge in [-0.2, -0.15) is 0 Å². The van der Waals surface area contributed by atoms with Crippen LogP contribution in [0.25, 0.3) is 10.9 Å².